The van der Waals surface area contributed by atoms with Gasteiger partial charge in [-0.05, 0) is 36.6 Å². The molecule has 180 valence electrons. The fraction of sp³-hybridized carbons (Fsp3) is 0.226. The molecule has 0 aromatic heterocycles. The maximum atomic E-state index is 15.0. The Kier molecular flexibility index (Phi) is 5.68. The zero-order valence-corrected chi connectivity index (χ0v) is 21.6. The maximum absolute atomic E-state index is 15.0. The number of benzene rings is 3. The summed E-state index contributed by atoms with van der Waals surface area (Å²) in [7, 11) is 0. The highest BCUT2D eigenvalue weighted by molar-refractivity contribution is 9.10. The molecule has 2 aliphatic heterocycles. The molecular formula is C31H27BrN2O2. The standard InChI is InChI=1S/C31H27BrN2O2/c1-21-29(35)34-28-19-11-8-16-24(28)26(20-22-12-4-2-5-13-22)31(34,25-17-9-10-18-27(25)32)30(36)33(21)23-14-6-3-7-15-23/h2,4-5,8-13,16-20,23H,1,3,6-7,14-15H2/b26-20-/t31-/m0/s1. The van der Waals surface area contributed by atoms with Crippen molar-refractivity contribution in [3.63, 3.8) is 0 Å². The summed E-state index contributed by atoms with van der Waals surface area (Å²) in [6.07, 6.45) is 7.09. The first-order valence-electron chi connectivity index (χ1n) is 12.5. The minimum absolute atomic E-state index is 0.0223. The molecule has 0 bridgehead atoms. The number of carbonyl (C=O) groups is 2. The lowest BCUT2D eigenvalue weighted by Gasteiger charge is -2.50. The van der Waals surface area contributed by atoms with Crippen molar-refractivity contribution < 1.29 is 9.59 Å². The number of anilines is 1. The van der Waals surface area contributed by atoms with Crippen LogP contribution in [-0.2, 0) is 15.1 Å². The van der Waals surface area contributed by atoms with Gasteiger partial charge >= 0.3 is 0 Å². The van der Waals surface area contributed by atoms with Crippen LogP contribution in [0.2, 0.25) is 0 Å². The molecule has 0 N–H and O–H groups in total. The van der Waals surface area contributed by atoms with Crippen molar-refractivity contribution in [2.24, 2.45) is 0 Å². The highest BCUT2D eigenvalue weighted by atomic mass is 79.9. The second-order valence-electron chi connectivity index (χ2n) is 9.73. The van der Waals surface area contributed by atoms with Crippen LogP contribution in [0.1, 0.15) is 48.8 Å². The Morgan fingerprint density at radius 3 is 2.28 bits per heavy atom. The number of hydrogen-bond donors (Lipinski definition) is 0. The van der Waals surface area contributed by atoms with Crippen molar-refractivity contribution in [2.45, 2.75) is 43.7 Å². The third-order valence-corrected chi connectivity index (χ3v) is 8.43. The van der Waals surface area contributed by atoms with Gasteiger partial charge in [0.05, 0.1) is 5.69 Å². The van der Waals surface area contributed by atoms with Gasteiger partial charge in [0.25, 0.3) is 11.8 Å². The summed E-state index contributed by atoms with van der Waals surface area (Å²) < 4.78 is 0.791. The van der Waals surface area contributed by atoms with E-state index < -0.39 is 5.54 Å². The molecule has 1 atom stereocenters. The van der Waals surface area contributed by atoms with E-state index in [1.165, 1.54) is 0 Å². The van der Waals surface area contributed by atoms with E-state index in [-0.39, 0.29) is 23.6 Å². The Morgan fingerprint density at radius 1 is 0.861 bits per heavy atom. The molecule has 1 saturated carbocycles. The van der Waals surface area contributed by atoms with Gasteiger partial charge in [-0.2, -0.15) is 0 Å². The lowest BCUT2D eigenvalue weighted by Crippen LogP contribution is -2.65. The van der Waals surface area contributed by atoms with E-state index in [9.17, 15) is 4.79 Å². The molecule has 5 heteroatoms. The van der Waals surface area contributed by atoms with Crippen LogP contribution in [0.15, 0.2) is 95.6 Å². The van der Waals surface area contributed by atoms with Gasteiger partial charge in [0.2, 0.25) is 0 Å². The SMILES string of the molecule is C=C1C(=O)N2c3ccccc3/C(=C/c3ccccc3)[C@@]2(c2ccccc2Br)C(=O)N1C1CCCCC1. The summed E-state index contributed by atoms with van der Waals surface area (Å²) in [6, 6.07) is 25.6. The van der Waals surface area contributed by atoms with Crippen LogP contribution >= 0.6 is 15.9 Å². The van der Waals surface area contributed by atoms with E-state index in [0.717, 1.165) is 64.5 Å². The number of carbonyl (C=O) groups excluding carboxylic acids is 2. The van der Waals surface area contributed by atoms with Crippen LogP contribution in [0.3, 0.4) is 0 Å². The van der Waals surface area contributed by atoms with Gasteiger partial charge in [0.15, 0.2) is 5.54 Å². The molecule has 6 rings (SSSR count). The van der Waals surface area contributed by atoms with Crippen LogP contribution < -0.4 is 4.90 Å². The molecule has 0 radical (unpaired) electrons. The van der Waals surface area contributed by atoms with Crippen molar-refractivity contribution in [2.75, 3.05) is 4.90 Å². The predicted octanol–water partition coefficient (Wildman–Crippen LogP) is 6.92. The molecule has 3 aromatic rings. The Balaban J connectivity index is 1.69. The number of piperazine rings is 1. The quantitative estimate of drug-likeness (QED) is 0.339. The third-order valence-electron chi connectivity index (χ3n) is 7.74. The van der Waals surface area contributed by atoms with Crippen molar-refractivity contribution in [3.8, 4) is 0 Å². The van der Waals surface area contributed by atoms with Crippen LogP contribution in [0.4, 0.5) is 5.69 Å². The summed E-state index contributed by atoms with van der Waals surface area (Å²) in [6.45, 7) is 4.17. The molecule has 2 fully saturated rings. The smallest absolute Gasteiger partial charge is 0.275 e. The molecule has 1 saturated heterocycles. The van der Waals surface area contributed by atoms with Crippen molar-refractivity contribution in [1.82, 2.24) is 4.90 Å². The van der Waals surface area contributed by atoms with E-state index >= 15 is 4.79 Å². The number of nitrogens with zero attached hydrogens (tertiary/aromatic N) is 2. The lowest BCUT2D eigenvalue weighted by atomic mass is 9.76. The Bertz CT molecular complexity index is 1410. The predicted molar refractivity (Wildman–Crippen MR) is 147 cm³/mol. The van der Waals surface area contributed by atoms with Crippen LogP contribution in [0.5, 0.6) is 0 Å². The Labute approximate surface area is 220 Å². The van der Waals surface area contributed by atoms with E-state index in [2.05, 4.69) is 28.6 Å². The highest BCUT2D eigenvalue weighted by Crippen LogP contribution is 2.58. The summed E-state index contributed by atoms with van der Waals surface area (Å²) in [5, 5.41) is 0. The molecule has 3 aromatic carbocycles. The van der Waals surface area contributed by atoms with Gasteiger partial charge in [0, 0.05) is 27.2 Å². The first kappa shape index (κ1) is 23.0. The molecule has 0 spiro atoms. The highest BCUT2D eigenvalue weighted by Gasteiger charge is 2.63. The van der Waals surface area contributed by atoms with E-state index in [0.29, 0.717) is 0 Å². The van der Waals surface area contributed by atoms with E-state index in [1.807, 2.05) is 78.9 Å². The minimum atomic E-state index is -1.34. The van der Waals surface area contributed by atoms with Crippen molar-refractivity contribution >= 4 is 45.1 Å². The monoisotopic (exact) mass is 538 g/mol. The van der Waals surface area contributed by atoms with Gasteiger partial charge in [-0.1, -0.05) is 109 Å². The van der Waals surface area contributed by atoms with Crippen molar-refractivity contribution in [1.29, 1.82) is 0 Å². The zero-order valence-electron chi connectivity index (χ0n) is 20.0. The summed E-state index contributed by atoms with van der Waals surface area (Å²) >= 11 is 3.74. The maximum Gasteiger partial charge on any atom is 0.275 e. The molecule has 4 nitrogen and oxygen atoms in total. The third kappa shape index (κ3) is 3.26. The summed E-state index contributed by atoms with van der Waals surface area (Å²) in [4.78, 5) is 32.7. The first-order valence-corrected chi connectivity index (χ1v) is 13.3. The Hall–Kier alpha value is -3.44. The number of hydrogen-bond acceptors (Lipinski definition) is 2. The second kappa shape index (κ2) is 8.90. The van der Waals surface area contributed by atoms with Crippen LogP contribution in [0, 0.1) is 0 Å². The van der Waals surface area contributed by atoms with E-state index in [1.54, 1.807) is 9.80 Å². The van der Waals surface area contributed by atoms with Gasteiger partial charge in [-0.3, -0.25) is 14.5 Å². The fourth-order valence-corrected chi connectivity index (χ4v) is 6.72. The van der Waals surface area contributed by atoms with Crippen LogP contribution in [0.25, 0.3) is 11.6 Å². The second-order valence-corrected chi connectivity index (χ2v) is 10.6. The minimum Gasteiger partial charge on any atom is -0.302 e. The number of halogens is 1. The van der Waals surface area contributed by atoms with Gasteiger partial charge in [-0.25, -0.2) is 0 Å². The fourth-order valence-electron chi connectivity index (χ4n) is 6.15. The number of rotatable bonds is 3. The summed E-state index contributed by atoms with van der Waals surface area (Å²) in [5.74, 6) is -0.330. The van der Waals surface area contributed by atoms with Crippen LogP contribution in [-0.4, -0.2) is 22.8 Å². The zero-order chi connectivity index (χ0) is 24.9. The molecule has 0 unspecified atom stereocenters. The van der Waals surface area contributed by atoms with Crippen molar-refractivity contribution in [3.05, 3.63) is 112 Å². The summed E-state index contributed by atoms with van der Waals surface area (Å²) in [5.41, 5.74) is 3.10. The number of para-hydroxylation sites is 1. The van der Waals surface area contributed by atoms with Gasteiger partial charge in [0.1, 0.15) is 5.70 Å². The number of fused-ring (bicyclic) bond motifs is 3. The van der Waals surface area contributed by atoms with Gasteiger partial charge < -0.3 is 4.90 Å². The molecule has 36 heavy (non-hydrogen) atoms. The number of amides is 2. The molecule has 1 aliphatic carbocycles. The van der Waals surface area contributed by atoms with Gasteiger partial charge in [-0.15, -0.1) is 0 Å². The molecule has 2 heterocycles. The molecule has 2 amide bonds. The topological polar surface area (TPSA) is 40.6 Å². The largest absolute Gasteiger partial charge is 0.302 e. The average Bonchev–Trinajstić information content (AvgIpc) is 3.20. The normalized spacial score (nSPS) is 23.2. The van der Waals surface area contributed by atoms with E-state index in [4.69, 9.17) is 0 Å². The first-order chi connectivity index (χ1) is 17.5. The Morgan fingerprint density at radius 2 is 1.53 bits per heavy atom. The lowest BCUT2D eigenvalue weighted by molar-refractivity contribution is -0.143. The molecule has 3 aliphatic rings. The molecular weight excluding hydrogens is 512 g/mol. The average molecular weight is 539 g/mol.